The number of aromatic nitrogens is 2. The second kappa shape index (κ2) is 8.28. The molecule has 2 rings (SSSR count). The molecule has 1 amide bonds. The fourth-order valence-electron chi connectivity index (χ4n) is 2.37. The van der Waals surface area contributed by atoms with Gasteiger partial charge in [-0.2, -0.15) is 0 Å². The van der Waals surface area contributed by atoms with Crippen LogP contribution in [0.5, 0.6) is 0 Å². The van der Waals surface area contributed by atoms with E-state index in [9.17, 15) is 9.59 Å². The number of nitrogens with one attached hydrogen (secondary N) is 1. The molecule has 0 aliphatic carbocycles. The molecule has 0 radical (unpaired) electrons. The molecule has 0 spiro atoms. The van der Waals surface area contributed by atoms with E-state index in [1.807, 2.05) is 38.2 Å². The van der Waals surface area contributed by atoms with Gasteiger partial charge < -0.3 is 14.6 Å². The summed E-state index contributed by atoms with van der Waals surface area (Å²) < 4.78 is 6.58. The third kappa shape index (κ3) is 5.31. The van der Waals surface area contributed by atoms with Crippen LogP contribution in [-0.2, 0) is 27.8 Å². The molecule has 0 saturated heterocycles. The van der Waals surface area contributed by atoms with Crippen LogP contribution in [0.25, 0.3) is 6.08 Å². The number of amides is 1. The quantitative estimate of drug-likeness (QED) is 0.644. The zero-order chi connectivity index (χ0) is 18.4. The summed E-state index contributed by atoms with van der Waals surface area (Å²) in [5, 5.41) is 2.73. The predicted octanol–water partition coefficient (Wildman–Crippen LogP) is 2.03. The molecule has 1 N–H and O–H groups in total. The summed E-state index contributed by atoms with van der Waals surface area (Å²) in [6.07, 6.45) is 5.51. The molecule has 1 atom stereocenters. The van der Waals surface area contributed by atoms with Crippen molar-refractivity contribution < 1.29 is 14.3 Å². The number of carbonyl (C=O) groups is 2. The zero-order valence-electron chi connectivity index (χ0n) is 14.9. The van der Waals surface area contributed by atoms with Crippen molar-refractivity contribution in [1.82, 2.24) is 14.9 Å². The summed E-state index contributed by atoms with van der Waals surface area (Å²) in [6.45, 7) is 3.72. The molecule has 0 aliphatic rings. The Hall–Kier alpha value is -2.89. The first-order chi connectivity index (χ1) is 11.9. The summed E-state index contributed by atoms with van der Waals surface area (Å²) >= 11 is 0. The van der Waals surface area contributed by atoms with Gasteiger partial charge in [0.05, 0.1) is 19.1 Å². The number of benzene rings is 1. The first-order valence-electron chi connectivity index (χ1n) is 7.99. The molecule has 132 valence electrons. The first kappa shape index (κ1) is 18.4. The van der Waals surface area contributed by atoms with Crippen molar-refractivity contribution in [2.45, 2.75) is 26.3 Å². The number of nitrogens with zero attached hydrogens (tertiary/aromatic N) is 2. The summed E-state index contributed by atoms with van der Waals surface area (Å²) in [4.78, 5) is 28.6. The Balaban J connectivity index is 2.09. The predicted molar refractivity (Wildman–Crippen MR) is 95.7 cm³/mol. The second-order valence-electron chi connectivity index (χ2n) is 6.02. The molecule has 0 fully saturated rings. The lowest BCUT2D eigenvalue weighted by molar-refractivity contribution is -0.144. The normalized spacial score (nSPS) is 12.6. The Kier molecular flexibility index (Phi) is 6.11. The van der Waals surface area contributed by atoms with Gasteiger partial charge in [-0.05, 0) is 25.5 Å². The molecule has 0 bridgehead atoms. The molecule has 1 heterocycles. The maximum absolute atomic E-state index is 12.4. The summed E-state index contributed by atoms with van der Waals surface area (Å²) in [6, 6.07) is 7.06. The fourth-order valence-corrected chi connectivity index (χ4v) is 2.37. The van der Waals surface area contributed by atoms with Crippen LogP contribution in [0.3, 0.4) is 0 Å². The van der Waals surface area contributed by atoms with E-state index in [2.05, 4.69) is 10.3 Å². The number of methoxy groups -OCH3 is 1. The van der Waals surface area contributed by atoms with Crippen LogP contribution >= 0.6 is 0 Å². The summed E-state index contributed by atoms with van der Waals surface area (Å²) in [7, 11) is 3.14. The van der Waals surface area contributed by atoms with Gasteiger partial charge in [0.2, 0.25) is 5.91 Å². The Morgan fingerprint density at radius 1 is 1.32 bits per heavy atom. The van der Waals surface area contributed by atoms with Crippen molar-refractivity contribution in [2.24, 2.45) is 7.05 Å². The molecule has 1 aromatic heterocycles. The monoisotopic (exact) mass is 341 g/mol. The van der Waals surface area contributed by atoms with E-state index < -0.39 is 12.0 Å². The second-order valence-corrected chi connectivity index (χ2v) is 6.02. The highest BCUT2D eigenvalue weighted by Crippen LogP contribution is 2.09. The highest BCUT2D eigenvalue weighted by Gasteiger charge is 2.23. The Morgan fingerprint density at radius 3 is 2.56 bits per heavy atom. The van der Waals surface area contributed by atoms with Crippen LogP contribution < -0.4 is 5.32 Å². The minimum Gasteiger partial charge on any atom is -0.467 e. The van der Waals surface area contributed by atoms with Gasteiger partial charge in [-0.25, -0.2) is 9.78 Å². The number of imidazole rings is 1. The number of carbonyl (C=O) groups excluding carboxylic acids is 2. The average Bonchev–Trinajstić information content (AvgIpc) is 3.00. The Morgan fingerprint density at radius 2 is 2.00 bits per heavy atom. The van der Waals surface area contributed by atoms with Gasteiger partial charge in [0.1, 0.15) is 6.04 Å². The maximum Gasteiger partial charge on any atom is 0.328 e. The van der Waals surface area contributed by atoms with Gasteiger partial charge in [-0.3, -0.25) is 4.79 Å². The standard InChI is InChI=1S/C19H23N3O3/c1-13-5-7-15(8-6-13)9-14(2)18(23)21-17(19(24)25-4)10-16-11-22(3)12-20-16/h5-9,11-12,17H,10H2,1-4H3,(H,21,23)/b14-9+/t17-/m0/s1. The van der Waals surface area contributed by atoms with E-state index in [0.29, 0.717) is 11.3 Å². The minimum absolute atomic E-state index is 0.275. The van der Waals surface area contributed by atoms with Crippen molar-refractivity contribution in [3.8, 4) is 0 Å². The molecule has 25 heavy (non-hydrogen) atoms. The lowest BCUT2D eigenvalue weighted by Gasteiger charge is -2.15. The van der Waals surface area contributed by atoms with E-state index in [-0.39, 0.29) is 12.3 Å². The molecule has 1 aromatic carbocycles. The fraction of sp³-hybridized carbons (Fsp3) is 0.316. The maximum atomic E-state index is 12.4. The van der Waals surface area contributed by atoms with Crippen LogP contribution in [0.1, 0.15) is 23.7 Å². The van der Waals surface area contributed by atoms with E-state index in [1.54, 1.807) is 30.1 Å². The number of rotatable bonds is 6. The number of esters is 1. The van der Waals surface area contributed by atoms with Gasteiger partial charge in [0, 0.05) is 25.2 Å². The molecular weight excluding hydrogens is 318 g/mol. The summed E-state index contributed by atoms with van der Waals surface area (Å²) in [5.74, 6) is -0.811. The lowest BCUT2D eigenvalue weighted by Crippen LogP contribution is -2.43. The molecule has 0 saturated carbocycles. The zero-order valence-corrected chi connectivity index (χ0v) is 14.9. The van der Waals surface area contributed by atoms with Gasteiger partial charge in [-0.15, -0.1) is 0 Å². The SMILES string of the molecule is COC(=O)[C@H](Cc1cn(C)cn1)NC(=O)/C(C)=C/c1ccc(C)cc1. The third-order valence-corrected chi connectivity index (χ3v) is 3.78. The van der Waals surface area contributed by atoms with Crippen molar-refractivity contribution >= 4 is 18.0 Å². The van der Waals surface area contributed by atoms with Gasteiger partial charge in [0.15, 0.2) is 0 Å². The summed E-state index contributed by atoms with van der Waals surface area (Å²) in [5.41, 5.74) is 3.30. The van der Waals surface area contributed by atoms with E-state index in [0.717, 1.165) is 11.1 Å². The lowest BCUT2D eigenvalue weighted by atomic mass is 10.1. The Bertz CT molecular complexity index is 775. The van der Waals surface area contributed by atoms with Crippen molar-refractivity contribution in [1.29, 1.82) is 0 Å². The molecule has 6 nitrogen and oxygen atoms in total. The van der Waals surface area contributed by atoms with Crippen LogP contribution in [0.4, 0.5) is 0 Å². The van der Waals surface area contributed by atoms with E-state index >= 15 is 0 Å². The molecular formula is C19H23N3O3. The number of aryl methyl sites for hydroxylation is 2. The van der Waals surface area contributed by atoms with Crippen molar-refractivity contribution in [2.75, 3.05) is 7.11 Å². The van der Waals surface area contributed by atoms with E-state index in [4.69, 9.17) is 4.74 Å². The third-order valence-electron chi connectivity index (χ3n) is 3.78. The van der Waals surface area contributed by atoms with Crippen LogP contribution in [0.2, 0.25) is 0 Å². The van der Waals surface area contributed by atoms with Crippen LogP contribution in [0.15, 0.2) is 42.4 Å². The average molecular weight is 341 g/mol. The molecule has 6 heteroatoms. The first-order valence-corrected chi connectivity index (χ1v) is 7.99. The minimum atomic E-state index is -0.784. The largest absolute Gasteiger partial charge is 0.467 e. The van der Waals surface area contributed by atoms with Gasteiger partial charge in [-0.1, -0.05) is 29.8 Å². The molecule has 2 aromatic rings. The van der Waals surface area contributed by atoms with Gasteiger partial charge >= 0.3 is 5.97 Å². The smallest absolute Gasteiger partial charge is 0.328 e. The number of hydrogen-bond donors (Lipinski definition) is 1. The van der Waals surface area contributed by atoms with Crippen LogP contribution in [-0.4, -0.2) is 34.6 Å². The topological polar surface area (TPSA) is 73.2 Å². The van der Waals surface area contributed by atoms with Gasteiger partial charge in [0.25, 0.3) is 0 Å². The molecule has 0 unspecified atom stereocenters. The van der Waals surface area contributed by atoms with Crippen LogP contribution in [0, 0.1) is 6.92 Å². The highest BCUT2D eigenvalue weighted by molar-refractivity contribution is 5.99. The number of ether oxygens (including phenoxy) is 1. The Labute approximate surface area is 147 Å². The number of hydrogen-bond acceptors (Lipinski definition) is 4. The van der Waals surface area contributed by atoms with E-state index in [1.165, 1.54) is 7.11 Å². The van der Waals surface area contributed by atoms with Crippen molar-refractivity contribution in [3.05, 3.63) is 59.2 Å². The van der Waals surface area contributed by atoms with Crippen molar-refractivity contribution in [3.63, 3.8) is 0 Å². The highest BCUT2D eigenvalue weighted by atomic mass is 16.5. The molecule has 0 aliphatic heterocycles.